The van der Waals surface area contributed by atoms with E-state index >= 15 is 0 Å². The summed E-state index contributed by atoms with van der Waals surface area (Å²) < 4.78 is 0. The molecule has 1 aliphatic rings. The fourth-order valence-electron chi connectivity index (χ4n) is 2.85. The van der Waals surface area contributed by atoms with Crippen LogP contribution < -0.4 is 5.32 Å². The largest absolute Gasteiger partial charge is 0.508 e. The van der Waals surface area contributed by atoms with E-state index in [-0.39, 0.29) is 17.5 Å². The molecule has 100 valence electrons. The molecular formula is C15H23NO2. The molecule has 0 aromatic heterocycles. The Morgan fingerprint density at radius 3 is 2.78 bits per heavy atom. The van der Waals surface area contributed by atoms with Crippen LogP contribution in [0.5, 0.6) is 11.5 Å². The fourth-order valence-corrected chi connectivity index (χ4v) is 2.85. The molecule has 3 atom stereocenters. The first-order valence-corrected chi connectivity index (χ1v) is 6.83. The first kappa shape index (κ1) is 13.2. The Labute approximate surface area is 109 Å². The van der Waals surface area contributed by atoms with Crippen molar-refractivity contribution in [2.24, 2.45) is 11.8 Å². The zero-order valence-corrected chi connectivity index (χ0v) is 11.2. The third-order valence-electron chi connectivity index (χ3n) is 4.20. The quantitative estimate of drug-likeness (QED) is 0.718. The van der Waals surface area contributed by atoms with Gasteiger partial charge in [-0.05, 0) is 49.9 Å². The van der Waals surface area contributed by atoms with E-state index in [0.29, 0.717) is 0 Å². The monoisotopic (exact) mass is 249 g/mol. The third kappa shape index (κ3) is 2.96. The van der Waals surface area contributed by atoms with Crippen molar-refractivity contribution in [1.82, 2.24) is 5.32 Å². The van der Waals surface area contributed by atoms with Gasteiger partial charge < -0.3 is 15.5 Å². The molecule has 0 saturated heterocycles. The van der Waals surface area contributed by atoms with Crippen LogP contribution in [-0.4, -0.2) is 16.8 Å². The van der Waals surface area contributed by atoms with Crippen LogP contribution in [0.25, 0.3) is 0 Å². The number of hydrogen-bond donors (Lipinski definition) is 3. The van der Waals surface area contributed by atoms with Crippen molar-refractivity contribution in [3.8, 4) is 11.5 Å². The predicted molar refractivity (Wildman–Crippen MR) is 72.7 cm³/mol. The van der Waals surface area contributed by atoms with Crippen LogP contribution in [0.15, 0.2) is 18.2 Å². The zero-order valence-electron chi connectivity index (χ0n) is 11.2. The summed E-state index contributed by atoms with van der Waals surface area (Å²) in [6.45, 7) is 5.32. The highest BCUT2D eigenvalue weighted by atomic mass is 16.3. The van der Waals surface area contributed by atoms with E-state index in [2.05, 4.69) is 12.2 Å². The molecule has 0 bridgehead atoms. The number of rotatable bonds is 4. The molecule has 18 heavy (non-hydrogen) atoms. The molecule has 0 spiro atoms. The number of hydrogen-bond acceptors (Lipinski definition) is 3. The fraction of sp³-hybridized carbons (Fsp3) is 0.600. The number of benzene rings is 1. The average Bonchev–Trinajstić information content (AvgIpc) is 2.75. The van der Waals surface area contributed by atoms with Crippen molar-refractivity contribution in [2.45, 2.75) is 39.2 Å². The van der Waals surface area contributed by atoms with E-state index in [1.807, 2.05) is 6.92 Å². The molecule has 1 aromatic carbocycles. The van der Waals surface area contributed by atoms with Crippen LogP contribution in [-0.2, 0) is 0 Å². The SMILES string of the molecule is CC(NCC1CCCC1C)c1cc(O)ccc1O. The van der Waals surface area contributed by atoms with E-state index in [1.54, 1.807) is 12.1 Å². The van der Waals surface area contributed by atoms with Gasteiger partial charge in [-0.3, -0.25) is 0 Å². The van der Waals surface area contributed by atoms with Crippen molar-refractivity contribution >= 4 is 0 Å². The minimum absolute atomic E-state index is 0.0601. The molecule has 1 aromatic rings. The standard InChI is InChI=1S/C15H23NO2/c1-10-4-3-5-12(10)9-16-11(2)14-8-13(17)6-7-15(14)18/h6-8,10-12,16-18H,3-5,9H2,1-2H3. The van der Waals surface area contributed by atoms with Crippen LogP contribution >= 0.6 is 0 Å². The van der Waals surface area contributed by atoms with Crippen LogP contribution in [0.2, 0.25) is 0 Å². The molecule has 1 aliphatic carbocycles. The Bertz CT molecular complexity index is 405. The minimum Gasteiger partial charge on any atom is -0.508 e. The topological polar surface area (TPSA) is 52.5 Å². The second-order valence-corrected chi connectivity index (χ2v) is 5.54. The van der Waals surface area contributed by atoms with Crippen LogP contribution in [0.4, 0.5) is 0 Å². The lowest BCUT2D eigenvalue weighted by molar-refractivity contribution is 0.369. The lowest BCUT2D eigenvalue weighted by atomic mass is 9.97. The molecular weight excluding hydrogens is 226 g/mol. The van der Waals surface area contributed by atoms with Gasteiger partial charge in [-0.1, -0.05) is 19.8 Å². The molecule has 1 fully saturated rings. The van der Waals surface area contributed by atoms with Gasteiger partial charge in [0.05, 0.1) is 0 Å². The summed E-state index contributed by atoms with van der Waals surface area (Å²) in [7, 11) is 0. The summed E-state index contributed by atoms with van der Waals surface area (Å²) in [6, 6.07) is 4.74. The Balaban J connectivity index is 1.94. The number of nitrogens with one attached hydrogen (secondary N) is 1. The highest BCUT2D eigenvalue weighted by Crippen LogP contribution is 2.32. The lowest BCUT2D eigenvalue weighted by Gasteiger charge is -2.21. The number of aromatic hydroxyl groups is 2. The first-order chi connectivity index (χ1) is 8.58. The summed E-state index contributed by atoms with van der Waals surface area (Å²) in [5.74, 6) is 1.98. The van der Waals surface area contributed by atoms with Crippen molar-refractivity contribution in [2.75, 3.05) is 6.54 Å². The van der Waals surface area contributed by atoms with Crippen LogP contribution in [0, 0.1) is 11.8 Å². The first-order valence-electron chi connectivity index (χ1n) is 6.83. The summed E-state index contributed by atoms with van der Waals surface area (Å²) >= 11 is 0. The van der Waals surface area contributed by atoms with E-state index < -0.39 is 0 Å². The Morgan fingerprint density at radius 1 is 1.33 bits per heavy atom. The summed E-state index contributed by atoms with van der Waals surface area (Å²) in [4.78, 5) is 0. The maximum Gasteiger partial charge on any atom is 0.120 e. The second-order valence-electron chi connectivity index (χ2n) is 5.54. The van der Waals surface area contributed by atoms with E-state index in [1.165, 1.54) is 25.3 Å². The lowest BCUT2D eigenvalue weighted by Crippen LogP contribution is -2.27. The second kappa shape index (κ2) is 5.61. The number of phenols is 2. The summed E-state index contributed by atoms with van der Waals surface area (Å²) in [6.07, 6.45) is 3.96. The molecule has 1 saturated carbocycles. The van der Waals surface area contributed by atoms with Crippen molar-refractivity contribution in [3.63, 3.8) is 0 Å². The molecule has 2 rings (SSSR count). The Morgan fingerprint density at radius 2 is 2.11 bits per heavy atom. The van der Waals surface area contributed by atoms with Crippen molar-refractivity contribution in [1.29, 1.82) is 0 Å². The van der Waals surface area contributed by atoms with Gasteiger partial charge in [0, 0.05) is 11.6 Å². The Kier molecular flexibility index (Phi) is 4.12. The summed E-state index contributed by atoms with van der Waals surface area (Å²) in [5, 5.41) is 22.7. The van der Waals surface area contributed by atoms with Crippen LogP contribution in [0.1, 0.15) is 44.7 Å². The zero-order chi connectivity index (χ0) is 13.1. The van der Waals surface area contributed by atoms with Crippen molar-refractivity contribution < 1.29 is 10.2 Å². The molecule has 3 nitrogen and oxygen atoms in total. The molecule has 0 heterocycles. The minimum atomic E-state index is 0.0601. The van der Waals surface area contributed by atoms with E-state index in [0.717, 1.165) is 23.9 Å². The molecule has 3 heteroatoms. The third-order valence-corrected chi connectivity index (χ3v) is 4.20. The highest BCUT2D eigenvalue weighted by molar-refractivity contribution is 5.40. The van der Waals surface area contributed by atoms with Gasteiger partial charge in [0.15, 0.2) is 0 Å². The smallest absolute Gasteiger partial charge is 0.120 e. The van der Waals surface area contributed by atoms with E-state index in [4.69, 9.17) is 0 Å². The average molecular weight is 249 g/mol. The van der Waals surface area contributed by atoms with Crippen LogP contribution in [0.3, 0.4) is 0 Å². The summed E-state index contributed by atoms with van der Waals surface area (Å²) in [5.41, 5.74) is 0.764. The Hall–Kier alpha value is -1.22. The molecule has 0 amide bonds. The normalized spacial score (nSPS) is 25.2. The van der Waals surface area contributed by atoms with Crippen molar-refractivity contribution in [3.05, 3.63) is 23.8 Å². The molecule has 0 aliphatic heterocycles. The molecule has 0 radical (unpaired) electrons. The van der Waals surface area contributed by atoms with Gasteiger partial charge in [0.2, 0.25) is 0 Å². The maximum absolute atomic E-state index is 9.80. The van der Waals surface area contributed by atoms with Gasteiger partial charge in [-0.25, -0.2) is 0 Å². The van der Waals surface area contributed by atoms with Gasteiger partial charge in [0.1, 0.15) is 11.5 Å². The highest BCUT2D eigenvalue weighted by Gasteiger charge is 2.23. The maximum atomic E-state index is 9.80. The van der Waals surface area contributed by atoms with E-state index in [9.17, 15) is 10.2 Å². The molecule has 3 unspecified atom stereocenters. The molecule has 3 N–H and O–H groups in total. The van der Waals surface area contributed by atoms with Gasteiger partial charge in [-0.15, -0.1) is 0 Å². The predicted octanol–water partition coefficient (Wildman–Crippen LogP) is 3.18. The number of phenolic OH excluding ortho intramolecular Hbond substituents is 2. The van der Waals surface area contributed by atoms with Gasteiger partial charge in [0.25, 0.3) is 0 Å². The van der Waals surface area contributed by atoms with Gasteiger partial charge >= 0.3 is 0 Å². The van der Waals surface area contributed by atoms with Gasteiger partial charge in [-0.2, -0.15) is 0 Å².